The molecular formula is C29H41Cl2N3O4Si. The van der Waals surface area contributed by atoms with Crippen LogP contribution in [0.25, 0.3) is 0 Å². The van der Waals surface area contributed by atoms with Crippen LogP contribution in [-0.2, 0) is 14.0 Å². The number of anilines is 1. The number of hydrogen-bond acceptors (Lipinski definition) is 6. The second-order valence-corrected chi connectivity index (χ2v) is 17.5. The lowest BCUT2D eigenvalue weighted by Crippen LogP contribution is -2.47. The molecule has 214 valence electrons. The van der Waals surface area contributed by atoms with Crippen LogP contribution in [0.15, 0.2) is 30.6 Å². The second kappa shape index (κ2) is 13.1. The number of esters is 1. The molecule has 1 amide bonds. The number of rotatable bonds is 9. The highest BCUT2D eigenvalue weighted by Crippen LogP contribution is 2.39. The van der Waals surface area contributed by atoms with Crippen molar-refractivity contribution in [2.45, 2.75) is 89.9 Å². The van der Waals surface area contributed by atoms with E-state index in [0.717, 1.165) is 31.4 Å². The highest BCUT2D eigenvalue weighted by molar-refractivity contribution is 6.74. The number of benzene rings is 1. The van der Waals surface area contributed by atoms with Gasteiger partial charge in [-0.15, -0.1) is 0 Å². The Balaban J connectivity index is 1.83. The monoisotopic (exact) mass is 593 g/mol. The molecule has 0 N–H and O–H groups in total. The first-order chi connectivity index (χ1) is 18.2. The number of amides is 1. The van der Waals surface area contributed by atoms with Crippen molar-refractivity contribution < 1.29 is 18.8 Å². The largest absolute Gasteiger partial charge is 0.469 e. The van der Waals surface area contributed by atoms with E-state index in [1.165, 1.54) is 19.0 Å². The van der Waals surface area contributed by atoms with Crippen LogP contribution >= 0.6 is 23.2 Å². The number of ether oxygens (including phenoxy) is 1. The fourth-order valence-corrected chi connectivity index (χ4v) is 6.33. The zero-order valence-corrected chi connectivity index (χ0v) is 26.6. The van der Waals surface area contributed by atoms with E-state index in [0.29, 0.717) is 24.9 Å². The Labute approximate surface area is 243 Å². The predicted molar refractivity (Wildman–Crippen MR) is 159 cm³/mol. The van der Waals surface area contributed by atoms with Gasteiger partial charge in [-0.2, -0.15) is 0 Å². The minimum Gasteiger partial charge on any atom is -0.469 e. The summed E-state index contributed by atoms with van der Waals surface area (Å²) in [4.78, 5) is 35.2. The quantitative estimate of drug-likeness (QED) is 0.168. The molecule has 10 heteroatoms. The minimum atomic E-state index is -2.04. The summed E-state index contributed by atoms with van der Waals surface area (Å²) < 4.78 is 11.3. The van der Waals surface area contributed by atoms with E-state index >= 15 is 0 Å². The molecule has 1 aliphatic rings. The van der Waals surface area contributed by atoms with Crippen molar-refractivity contribution in [1.29, 1.82) is 0 Å². The van der Waals surface area contributed by atoms with E-state index in [1.54, 1.807) is 4.90 Å². The van der Waals surface area contributed by atoms with E-state index in [2.05, 4.69) is 56.0 Å². The molecule has 1 atom stereocenters. The van der Waals surface area contributed by atoms with Crippen molar-refractivity contribution in [3.63, 3.8) is 0 Å². The number of methoxy groups -OCH3 is 1. The maximum absolute atomic E-state index is 13.9. The van der Waals surface area contributed by atoms with Crippen molar-refractivity contribution in [2.75, 3.05) is 18.6 Å². The van der Waals surface area contributed by atoms with Gasteiger partial charge in [0.1, 0.15) is 22.2 Å². The van der Waals surface area contributed by atoms with Gasteiger partial charge in [0.2, 0.25) is 0 Å². The maximum atomic E-state index is 13.9. The Kier molecular flexibility index (Phi) is 10.6. The first-order valence-corrected chi connectivity index (χ1v) is 17.2. The van der Waals surface area contributed by atoms with Crippen molar-refractivity contribution >= 4 is 49.1 Å². The summed E-state index contributed by atoms with van der Waals surface area (Å²) in [5.74, 6) is 0.296. The molecule has 0 aliphatic heterocycles. The van der Waals surface area contributed by atoms with Crippen molar-refractivity contribution in [1.82, 2.24) is 9.97 Å². The van der Waals surface area contributed by atoms with Gasteiger partial charge in [-0.25, -0.2) is 9.97 Å². The normalized spacial score (nSPS) is 18.9. The van der Waals surface area contributed by atoms with Crippen LogP contribution in [-0.4, -0.2) is 49.9 Å². The van der Waals surface area contributed by atoms with Gasteiger partial charge in [0.05, 0.1) is 19.8 Å². The zero-order chi connectivity index (χ0) is 29.0. The van der Waals surface area contributed by atoms with Crippen LogP contribution < -0.4 is 4.90 Å². The number of carbonyl (C=O) groups excluding carboxylic acids is 2. The summed E-state index contributed by atoms with van der Waals surface area (Å²) in [5, 5.41) is 0.0737. The highest BCUT2D eigenvalue weighted by Gasteiger charge is 2.38. The molecule has 2 aromatic rings. The van der Waals surface area contributed by atoms with E-state index in [1.807, 2.05) is 19.1 Å². The second-order valence-electron chi connectivity index (χ2n) is 12.0. The summed E-state index contributed by atoms with van der Waals surface area (Å²) >= 11 is 12.6. The van der Waals surface area contributed by atoms with E-state index in [-0.39, 0.29) is 38.8 Å². The van der Waals surface area contributed by atoms with Gasteiger partial charge in [0.15, 0.2) is 8.32 Å². The summed E-state index contributed by atoms with van der Waals surface area (Å²) in [6, 6.07) is 7.84. The van der Waals surface area contributed by atoms with Crippen LogP contribution in [0.2, 0.25) is 28.4 Å². The number of nitrogens with zero attached hydrogens (tertiary/aromatic N) is 3. The summed E-state index contributed by atoms with van der Waals surface area (Å²) in [6.07, 6.45) is 5.77. The molecule has 0 radical (unpaired) electrons. The van der Waals surface area contributed by atoms with Crippen molar-refractivity contribution in [2.24, 2.45) is 5.92 Å². The SMILES string of the molecule is COC(=O)C[C@H]1CC[C@H](c2ccc(N(C(=O)c3c(Cl)ncnc3Cl)[C@H](C)CO[Si](C)(C)C(C)(C)C)cc2)CC1. The van der Waals surface area contributed by atoms with Crippen LogP contribution in [0.4, 0.5) is 5.69 Å². The lowest BCUT2D eigenvalue weighted by atomic mass is 9.77. The Morgan fingerprint density at radius 1 is 1.05 bits per heavy atom. The third-order valence-electron chi connectivity index (χ3n) is 8.29. The average molecular weight is 595 g/mol. The van der Waals surface area contributed by atoms with Crippen LogP contribution in [0.5, 0.6) is 0 Å². The molecule has 7 nitrogen and oxygen atoms in total. The van der Waals surface area contributed by atoms with Crippen LogP contribution in [0, 0.1) is 5.92 Å². The van der Waals surface area contributed by atoms with Crippen molar-refractivity contribution in [3.05, 3.63) is 52.0 Å². The van der Waals surface area contributed by atoms with Gasteiger partial charge in [0, 0.05) is 12.1 Å². The summed E-state index contributed by atoms with van der Waals surface area (Å²) in [6.45, 7) is 13.3. The van der Waals surface area contributed by atoms with Gasteiger partial charge in [-0.05, 0) is 80.3 Å². The van der Waals surface area contributed by atoms with Gasteiger partial charge in [-0.3, -0.25) is 9.59 Å². The Morgan fingerprint density at radius 3 is 2.13 bits per heavy atom. The average Bonchev–Trinajstić information content (AvgIpc) is 2.88. The Hall–Kier alpha value is -2.00. The first-order valence-electron chi connectivity index (χ1n) is 13.6. The van der Waals surface area contributed by atoms with Gasteiger partial charge >= 0.3 is 5.97 Å². The van der Waals surface area contributed by atoms with E-state index < -0.39 is 8.32 Å². The maximum Gasteiger partial charge on any atom is 0.305 e. The number of halogens is 2. The Bertz CT molecular complexity index is 1130. The van der Waals surface area contributed by atoms with Gasteiger partial charge < -0.3 is 14.1 Å². The van der Waals surface area contributed by atoms with Crippen LogP contribution in [0.1, 0.15) is 81.6 Å². The first kappa shape index (κ1) is 31.5. The number of aromatic nitrogens is 2. The lowest BCUT2D eigenvalue weighted by Gasteiger charge is -2.38. The fraction of sp³-hybridized carbons (Fsp3) is 0.586. The Morgan fingerprint density at radius 2 is 1.62 bits per heavy atom. The molecule has 1 fully saturated rings. The molecule has 0 spiro atoms. The third-order valence-corrected chi connectivity index (χ3v) is 13.4. The minimum absolute atomic E-state index is 0.0165. The topological polar surface area (TPSA) is 81.6 Å². The van der Waals surface area contributed by atoms with E-state index in [4.69, 9.17) is 32.4 Å². The molecular weight excluding hydrogens is 553 g/mol. The predicted octanol–water partition coefficient (Wildman–Crippen LogP) is 7.68. The van der Waals surface area contributed by atoms with Crippen molar-refractivity contribution in [3.8, 4) is 0 Å². The standard InChI is InChI=1S/C29H41Cl2N3O4Si/c1-19(17-38-39(6,7)29(2,3)4)34(28(36)25-26(30)32-18-33-27(25)31)23-14-12-22(13-15-23)21-10-8-20(9-11-21)16-24(35)37-5/h12-15,18-21H,8-11,16-17H2,1-7H3/t19-,20-,21-/m1/s1. The molecule has 39 heavy (non-hydrogen) atoms. The molecule has 1 aliphatic carbocycles. The highest BCUT2D eigenvalue weighted by atomic mass is 35.5. The lowest BCUT2D eigenvalue weighted by molar-refractivity contribution is -0.142. The molecule has 1 saturated carbocycles. The van der Waals surface area contributed by atoms with Crippen LogP contribution in [0.3, 0.4) is 0 Å². The molecule has 1 heterocycles. The fourth-order valence-electron chi connectivity index (χ4n) is 4.76. The molecule has 3 rings (SSSR count). The molecule has 0 unspecified atom stereocenters. The number of carbonyl (C=O) groups is 2. The molecule has 1 aromatic heterocycles. The molecule has 0 bridgehead atoms. The molecule has 0 saturated heterocycles. The summed E-state index contributed by atoms with van der Waals surface area (Å²) in [5.41, 5.74) is 2.03. The third kappa shape index (κ3) is 7.81. The smallest absolute Gasteiger partial charge is 0.305 e. The summed E-state index contributed by atoms with van der Waals surface area (Å²) in [7, 11) is -0.603. The molecule has 1 aromatic carbocycles. The number of hydrogen-bond donors (Lipinski definition) is 0. The van der Waals surface area contributed by atoms with Gasteiger partial charge in [-0.1, -0.05) is 56.1 Å². The zero-order valence-electron chi connectivity index (χ0n) is 24.1. The van der Waals surface area contributed by atoms with E-state index in [9.17, 15) is 9.59 Å². The van der Waals surface area contributed by atoms with Gasteiger partial charge in [0.25, 0.3) is 5.91 Å².